The number of nitrogens with two attached hydrogens (primary N) is 4. The number of nitrogens with zero attached hydrogens (tertiary/aromatic N) is 1. The van der Waals surface area contributed by atoms with E-state index < -0.39 is 157 Å². The number of carboxylic acid groups (broad SMARTS) is 1. The van der Waals surface area contributed by atoms with Gasteiger partial charge in [0.1, 0.15) is 60.1 Å². The summed E-state index contributed by atoms with van der Waals surface area (Å²) in [5, 5.41) is 51.4. The number of aromatic amines is 1. The second kappa shape index (κ2) is 34.8. The first-order valence-electron chi connectivity index (χ1n) is 29.0. The number of primary amides is 2. The minimum atomic E-state index is -1.88. The van der Waals surface area contributed by atoms with E-state index >= 15 is 4.79 Å². The lowest BCUT2D eigenvalue weighted by Crippen LogP contribution is -2.63. The van der Waals surface area contributed by atoms with Crippen molar-refractivity contribution in [2.75, 3.05) is 24.7 Å². The highest BCUT2D eigenvalue weighted by molar-refractivity contribution is 7.80. The first-order chi connectivity index (χ1) is 42.8. The van der Waals surface area contributed by atoms with Crippen molar-refractivity contribution < 1.29 is 72.9 Å². The van der Waals surface area contributed by atoms with Gasteiger partial charge in [0.15, 0.2) is 0 Å². The fraction of sp³-hybridized carbons (Fsp3) is 0.458. The first kappa shape index (κ1) is 72.0. The number of H-pyrrole nitrogens is 1. The summed E-state index contributed by atoms with van der Waals surface area (Å²) >= 11 is 8.23. The molecule has 0 spiro atoms. The van der Waals surface area contributed by atoms with Gasteiger partial charge >= 0.3 is 5.97 Å². The van der Waals surface area contributed by atoms with Gasteiger partial charge in [-0.1, -0.05) is 74.9 Å². The Morgan fingerprint density at radius 2 is 1.18 bits per heavy atom. The van der Waals surface area contributed by atoms with Gasteiger partial charge in [0, 0.05) is 54.4 Å². The molecule has 0 radical (unpaired) electrons. The number of carboxylic acids is 1. The molecule has 0 fully saturated rings. The Balaban J connectivity index is 1.37. The predicted molar refractivity (Wildman–Crippen MR) is 334 cm³/mol. The molecule has 11 atom stereocenters. The number of hydrogen-bond donors (Lipinski definition) is 18. The fourth-order valence-corrected chi connectivity index (χ4v) is 10.3. The van der Waals surface area contributed by atoms with Crippen LogP contribution in [0.2, 0.25) is 0 Å². The van der Waals surface area contributed by atoms with Gasteiger partial charge in [0.25, 0.3) is 0 Å². The summed E-state index contributed by atoms with van der Waals surface area (Å²) in [6, 6.07) is 4.31. The quantitative estimate of drug-likeness (QED) is 0.0158. The zero-order chi connectivity index (χ0) is 66.4. The molecule has 29 nitrogen and oxygen atoms in total. The van der Waals surface area contributed by atoms with Crippen LogP contribution in [0, 0.1) is 5.92 Å². The smallest absolute Gasteiger partial charge is 0.326 e. The van der Waals surface area contributed by atoms with E-state index in [1.165, 1.54) is 24.3 Å². The number of fused-ring (bicyclic) bond motifs is 2. The number of rotatable bonds is 35. The Labute approximate surface area is 529 Å². The number of nitrogens with one attached hydrogen (secondary N) is 9. The van der Waals surface area contributed by atoms with Crippen LogP contribution in [0.25, 0.3) is 10.9 Å². The molecule has 11 amide bonds. The van der Waals surface area contributed by atoms with E-state index in [1.54, 1.807) is 68.6 Å². The predicted octanol–water partition coefficient (Wildman–Crippen LogP) is -3.32. The fourth-order valence-electron chi connectivity index (χ4n) is 9.88. The zero-order valence-corrected chi connectivity index (χ0v) is 51.4. The number of carbonyl (C=O) groups excluding carboxylic acids is 11. The number of aromatic nitrogens is 1. The number of amides is 11. The van der Waals surface area contributed by atoms with Crippen molar-refractivity contribution in [2.45, 2.75) is 139 Å². The number of aliphatic hydroxyl groups is 1. The number of hydrogen-bond acceptors (Lipinski definition) is 18. The van der Waals surface area contributed by atoms with Crippen molar-refractivity contribution >= 4 is 107 Å². The van der Waals surface area contributed by atoms with E-state index in [4.69, 9.17) is 22.9 Å². The third kappa shape index (κ3) is 20.6. The highest BCUT2D eigenvalue weighted by Crippen LogP contribution is 2.26. The van der Waals surface area contributed by atoms with Crippen LogP contribution in [0.1, 0.15) is 74.6 Å². The van der Waals surface area contributed by atoms with E-state index in [0.717, 1.165) is 15.8 Å². The number of thiol groups is 2. The third-order valence-electron chi connectivity index (χ3n) is 15.2. The van der Waals surface area contributed by atoms with Crippen LogP contribution in [0.15, 0.2) is 79.0 Å². The van der Waals surface area contributed by atoms with E-state index in [-0.39, 0.29) is 68.9 Å². The average molecular weight is 1290 g/mol. The number of para-hydroxylation sites is 1. The molecule has 0 saturated heterocycles. The summed E-state index contributed by atoms with van der Waals surface area (Å²) in [5.74, 6) is -13.5. The number of phenols is 1. The van der Waals surface area contributed by atoms with Crippen molar-refractivity contribution in [3.63, 3.8) is 0 Å². The van der Waals surface area contributed by atoms with Crippen LogP contribution < -0.4 is 65.5 Å². The molecular formula is C59H80N14O15S2. The van der Waals surface area contributed by atoms with Gasteiger partial charge in [0.2, 0.25) is 65.0 Å². The third-order valence-corrected chi connectivity index (χ3v) is 15.9. The van der Waals surface area contributed by atoms with E-state index in [2.05, 4.69) is 72.8 Å². The van der Waals surface area contributed by atoms with Crippen LogP contribution >= 0.6 is 25.3 Å². The average Bonchev–Trinajstić information content (AvgIpc) is 2.12. The molecule has 4 aromatic rings. The van der Waals surface area contributed by atoms with Crippen molar-refractivity contribution in [1.29, 1.82) is 0 Å². The zero-order valence-electron chi connectivity index (χ0n) is 49.6. The molecule has 1 aliphatic rings. The molecule has 90 heavy (non-hydrogen) atoms. The van der Waals surface area contributed by atoms with Crippen LogP contribution in [-0.2, 0) is 83.3 Å². The molecule has 488 valence electrons. The maximum Gasteiger partial charge on any atom is 0.326 e. The maximum atomic E-state index is 15.2. The maximum absolute atomic E-state index is 15.2. The molecule has 0 unspecified atom stereocenters. The lowest BCUT2D eigenvalue weighted by atomic mass is 9.92. The number of benzene rings is 3. The highest BCUT2D eigenvalue weighted by atomic mass is 32.1. The lowest BCUT2D eigenvalue weighted by molar-refractivity contribution is -0.146. The number of aliphatic hydroxyl groups excluding tert-OH is 1. The molecule has 0 aliphatic carbocycles. The van der Waals surface area contributed by atoms with Gasteiger partial charge < -0.3 is 90.7 Å². The molecule has 2 heterocycles. The van der Waals surface area contributed by atoms with E-state index in [0.29, 0.717) is 28.7 Å². The Kier molecular flexibility index (Phi) is 27.9. The minimum Gasteiger partial charge on any atom is -0.508 e. The van der Waals surface area contributed by atoms with Crippen molar-refractivity contribution in [3.8, 4) is 5.75 Å². The van der Waals surface area contributed by atoms with E-state index in [9.17, 15) is 68.1 Å². The van der Waals surface area contributed by atoms with E-state index in [1.807, 2.05) is 0 Å². The number of unbranched alkanes of at least 4 members (excludes halogenated alkanes) is 1. The van der Waals surface area contributed by atoms with Crippen LogP contribution in [-0.4, -0.2) is 181 Å². The van der Waals surface area contributed by atoms with Crippen molar-refractivity contribution in [1.82, 2.24) is 52.4 Å². The number of aliphatic carboxylic acids is 1. The topological polar surface area (TPSA) is 485 Å². The molecule has 0 saturated carbocycles. The molecule has 5 rings (SSSR count). The first-order valence-corrected chi connectivity index (χ1v) is 30.3. The molecule has 1 aliphatic heterocycles. The molecule has 1 aromatic heterocycles. The summed E-state index contributed by atoms with van der Waals surface area (Å²) in [5.41, 5.74) is 25.4. The molecular weight excluding hydrogens is 1210 g/mol. The summed E-state index contributed by atoms with van der Waals surface area (Å²) < 4.78 is 0. The Bertz CT molecular complexity index is 3230. The van der Waals surface area contributed by atoms with Crippen LogP contribution in [0.3, 0.4) is 0 Å². The SMILES string of the molecule is CC[C@H](C)[C@H](NC(=O)[C@H](CC(N)=O)NC(=O)[C@H](CO)NC(=O)[C@@H]1Cc2ccccc2CN1C(=O)[C@H](Cc1ccc(O)cc1)NC(=O)[C@H](CCCCN)NC(=O)[C@H](CC(N)=O)NC(=O)[C@H](N)CS)C(=O)N[C@@H](CS)C(=O)N[C@@H](Cc1c[nH]c2ccccc12)C(=O)O. The second-order valence-electron chi connectivity index (χ2n) is 21.8. The van der Waals surface area contributed by atoms with Crippen molar-refractivity contribution in [2.24, 2.45) is 28.9 Å². The van der Waals surface area contributed by atoms with Gasteiger partial charge in [0.05, 0.1) is 25.5 Å². The molecule has 20 N–H and O–H groups in total. The number of phenolic OH excluding ortho intramolecular Hbond substituents is 1. The largest absolute Gasteiger partial charge is 0.508 e. The van der Waals surface area contributed by atoms with Crippen molar-refractivity contribution in [3.05, 3.63) is 101 Å². The van der Waals surface area contributed by atoms with Crippen LogP contribution in [0.5, 0.6) is 5.75 Å². The van der Waals surface area contributed by atoms with Gasteiger partial charge in [-0.2, -0.15) is 25.3 Å². The minimum absolute atomic E-state index is 0.0614. The van der Waals surface area contributed by atoms with Crippen LogP contribution in [0.4, 0.5) is 0 Å². The standard InChI is InChI=1S/C59H80N14O15S2/c1-3-30(2)49(57(85)71-45(29-90)55(83)69-43(59(87)88)21-34-25-64-38-13-7-6-12-36(34)38)72-53(81)41(24-48(63)77)67-54(82)44(27-74)70-56(84)46-22-32-10-4-5-11-33(32)26-73(46)58(86)42(20-31-15-17-35(75)18-16-31)68-51(79)39(14-8-9-19-60)65-52(80)40(23-47(62)76)66-50(78)37(61)28-89/h4-7,10-13,15-18,25,30,37,39-46,49,64,74-75,89-90H,3,8-9,14,19-24,26-29,60-61H2,1-2H3,(H2,62,76)(H2,63,77)(H,65,80)(H,66,78)(H,67,82)(H,68,79)(H,69,83)(H,70,84)(H,71,85)(H,72,81)(H,87,88)/t30-,37+,39-,40-,41-,42-,43-,44-,45-,46-,49-/m0/s1. The van der Waals surface area contributed by atoms with Gasteiger partial charge in [-0.25, -0.2) is 4.79 Å². The molecule has 31 heteroatoms. The number of carbonyl (C=O) groups is 12. The van der Waals surface area contributed by atoms with Gasteiger partial charge in [-0.05, 0) is 72.2 Å². The Hall–Kier alpha value is -8.78. The van der Waals surface area contributed by atoms with Gasteiger partial charge in [-0.3, -0.25) is 52.7 Å². The van der Waals surface area contributed by atoms with Gasteiger partial charge in [-0.15, -0.1) is 0 Å². The Morgan fingerprint density at radius 1 is 0.633 bits per heavy atom. The molecule has 0 bridgehead atoms. The summed E-state index contributed by atoms with van der Waals surface area (Å²) in [6.45, 7) is 2.12. The highest BCUT2D eigenvalue weighted by Gasteiger charge is 2.41. The molecule has 3 aromatic carbocycles. The summed E-state index contributed by atoms with van der Waals surface area (Å²) in [6.07, 6.45) is 0.352. The number of aromatic hydroxyl groups is 1. The Morgan fingerprint density at radius 3 is 1.78 bits per heavy atom. The monoisotopic (exact) mass is 1290 g/mol. The summed E-state index contributed by atoms with van der Waals surface area (Å²) in [4.78, 5) is 168. The lowest BCUT2D eigenvalue weighted by Gasteiger charge is -2.39. The summed E-state index contributed by atoms with van der Waals surface area (Å²) in [7, 11) is 0. The second-order valence-corrected chi connectivity index (χ2v) is 22.5. The normalized spacial score (nSPS) is 16.1.